The molecule has 0 saturated carbocycles. The molecular formula is C13H14N2O4S. The summed E-state index contributed by atoms with van der Waals surface area (Å²) in [6.07, 6.45) is 0.340. The van der Waals surface area contributed by atoms with Crippen molar-refractivity contribution in [2.45, 2.75) is 12.2 Å². The minimum atomic E-state index is -3.54. The van der Waals surface area contributed by atoms with Crippen molar-refractivity contribution in [1.29, 1.82) is 5.26 Å². The number of aliphatic carboxylic acids is 1. The summed E-state index contributed by atoms with van der Waals surface area (Å²) in [5.74, 6) is -1.81. The number of benzene rings is 1. The average Bonchev–Trinajstić information content (AvgIpc) is 2.89. The van der Waals surface area contributed by atoms with Gasteiger partial charge >= 0.3 is 5.97 Å². The Morgan fingerprint density at radius 2 is 2.25 bits per heavy atom. The van der Waals surface area contributed by atoms with Gasteiger partial charge in [0.2, 0.25) is 10.0 Å². The minimum Gasteiger partial charge on any atom is -0.481 e. The van der Waals surface area contributed by atoms with E-state index in [0.717, 1.165) is 0 Å². The Labute approximate surface area is 117 Å². The maximum Gasteiger partial charge on any atom is 0.307 e. The maximum absolute atomic E-state index is 12.2. The third-order valence-corrected chi connectivity index (χ3v) is 5.12. The first-order valence-electron chi connectivity index (χ1n) is 6.12. The highest BCUT2D eigenvalue weighted by Crippen LogP contribution is 2.22. The van der Waals surface area contributed by atoms with Gasteiger partial charge in [-0.15, -0.1) is 0 Å². The molecule has 0 radical (unpaired) electrons. The maximum atomic E-state index is 12.2. The van der Waals surface area contributed by atoms with Crippen molar-refractivity contribution in [1.82, 2.24) is 4.31 Å². The monoisotopic (exact) mass is 294 g/mol. The molecule has 1 N–H and O–H groups in total. The second-order valence-electron chi connectivity index (χ2n) is 4.75. The molecule has 1 aromatic carbocycles. The highest BCUT2D eigenvalue weighted by Gasteiger charge is 2.34. The lowest BCUT2D eigenvalue weighted by molar-refractivity contribution is -0.141. The number of hydrogen-bond acceptors (Lipinski definition) is 4. The number of nitrogens with zero attached hydrogens (tertiary/aromatic N) is 2. The van der Waals surface area contributed by atoms with Crippen molar-refractivity contribution in [2.75, 3.05) is 13.1 Å². The van der Waals surface area contributed by atoms with Gasteiger partial charge in [0.25, 0.3) is 0 Å². The van der Waals surface area contributed by atoms with Crippen molar-refractivity contribution in [3.05, 3.63) is 35.4 Å². The highest BCUT2D eigenvalue weighted by molar-refractivity contribution is 7.88. The molecule has 1 aliphatic heterocycles. The molecule has 1 atom stereocenters. The van der Waals surface area contributed by atoms with Crippen LogP contribution in [-0.4, -0.2) is 36.9 Å². The van der Waals surface area contributed by atoms with Crippen molar-refractivity contribution in [3.63, 3.8) is 0 Å². The van der Waals surface area contributed by atoms with Gasteiger partial charge in [-0.3, -0.25) is 4.79 Å². The number of carboxylic acid groups (broad SMARTS) is 1. The molecule has 2 rings (SSSR count). The molecule has 0 spiro atoms. The Kier molecular flexibility index (Phi) is 4.06. The fourth-order valence-corrected chi connectivity index (χ4v) is 3.79. The van der Waals surface area contributed by atoms with Crippen LogP contribution in [0.1, 0.15) is 17.5 Å². The van der Waals surface area contributed by atoms with Crippen LogP contribution in [0.4, 0.5) is 0 Å². The Hall–Kier alpha value is -1.91. The molecule has 106 valence electrons. The van der Waals surface area contributed by atoms with Gasteiger partial charge in [0.15, 0.2) is 0 Å². The van der Waals surface area contributed by atoms with Gasteiger partial charge in [-0.25, -0.2) is 12.7 Å². The zero-order chi connectivity index (χ0) is 14.8. The topological polar surface area (TPSA) is 98.5 Å². The van der Waals surface area contributed by atoms with Crippen molar-refractivity contribution >= 4 is 16.0 Å². The standard InChI is InChI=1S/C13H14N2O4S/c14-7-10-2-1-3-11(6-10)9-20(18,19)15-5-4-12(8-15)13(16)17/h1-3,6,12H,4-5,8-9H2,(H,16,17). The number of nitriles is 1. The van der Waals surface area contributed by atoms with Gasteiger partial charge in [-0.05, 0) is 24.1 Å². The summed E-state index contributed by atoms with van der Waals surface area (Å²) in [5.41, 5.74) is 0.936. The van der Waals surface area contributed by atoms with E-state index in [1.807, 2.05) is 6.07 Å². The average molecular weight is 294 g/mol. The molecule has 1 aliphatic rings. The van der Waals surface area contributed by atoms with E-state index in [2.05, 4.69) is 0 Å². The summed E-state index contributed by atoms with van der Waals surface area (Å²) >= 11 is 0. The number of carboxylic acids is 1. The van der Waals surface area contributed by atoms with Crippen molar-refractivity contribution in [2.24, 2.45) is 5.92 Å². The molecule has 1 fully saturated rings. The van der Waals surface area contributed by atoms with Gasteiger partial charge in [-0.1, -0.05) is 12.1 Å². The van der Waals surface area contributed by atoms with Crippen LogP contribution in [0.15, 0.2) is 24.3 Å². The Morgan fingerprint density at radius 1 is 1.50 bits per heavy atom. The normalized spacial score (nSPS) is 19.6. The first kappa shape index (κ1) is 14.5. The smallest absolute Gasteiger partial charge is 0.307 e. The molecule has 0 aromatic heterocycles. The van der Waals surface area contributed by atoms with Gasteiger partial charge in [0.1, 0.15) is 0 Å². The number of hydrogen-bond donors (Lipinski definition) is 1. The number of carbonyl (C=O) groups is 1. The van der Waals surface area contributed by atoms with E-state index in [-0.39, 0.29) is 18.8 Å². The predicted molar refractivity (Wildman–Crippen MR) is 71.1 cm³/mol. The Morgan fingerprint density at radius 3 is 2.85 bits per heavy atom. The molecule has 6 nitrogen and oxygen atoms in total. The van der Waals surface area contributed by atoms with Crippen LogP contribution in [0.5, 0.6) is 0 Å². The Balaban J connectivity index is 2.12. The van der Waals surface area contributed by atoms with Crippen LogP contribution in [0.25, 0.3) is 0 Å². The molecule has 1 aromatic rings. The molecule has 1 unspecified atom stereocenters. The quantitative estimate of drug-likeness (QED) is 0.885. The van der Waals surface area contributed by atoms with Crippen LogP contribution in [0.2, 0.25) is 0 Å². The van der Waals surface area contributed by atoms with Crippen molar-refractivity contribution < 1.29 is 18.3 Å². The zero-order valence-corrected chi connectivity index (χ0v) is 11.5. The fraction of sp³-hybridized carbons (Fsp3) is 0.385. The van der Waals surface area contributed by atoms with Crippen LogP contribution < -0.4 is 0 Å². The molecule has 1 saturated heterocycles. The summed E-state index contributed by atoms with van der Waals surface area (Å²) in [7, 11) is -3.54. The SMILES string of the molecule is N#Cc1cccc(CS(=O)(=O)N2CCC(C(=O)O)C2)c1. The third-order valence-electron chi connectivity index (χ3n) is 3.30. The number of sulfonamides is 1. The Bertz CT molecular complexity index is 663. The molecular weight excluding hydrogens is 280 g/mol. The van der Waals surface area contributed by atoms with E-state index in [1.54, 1.807) is 18.2 Å². The molecule has 1 heterocycles. The summed E-state index contributed by atoms with van der Waals surface area (Å²) in [5, 5.41) is 17.7. The predicted octanol–water partition coefficient (Wildman–Crippen LogP) is 0.795. The number of rotatable bonds is 4. The van der Waals surface area contributed by atoms with Gasteiger partial charge in [-0.2, -0.15) is 5.26 Å². The largest absolute Gasteiger partial charge is 0.481 e. The molecule has 0 aliphatic carbocycles. The van der Waals surface area contributed by atoms with Crippen LogP contribution in [0.3, 0.4) is 0 Å². The van der Waals surface area contributed by atoms with Crippen LogP contribution in [-0.2, 0) is 20.6 Å². The minimum absolute atomic E-state index is 0.0234. The summed E-state index contributed by atoms with van der Waals surface area (Å²) in [6, 6.07) is 8.37. The second-order valence-corrected chi connectivity index (χ2v) is 6.72. The molecule has 0 bridgehead atoms. The van der Waals surface area contributed by atoms with Crippen LogP contribution in [0, 0.1) is 17.2 Å². The molecule has 20 heavy (non-hydrogen) atoms. The van der Waals surface area contributed by atoms with E-state index in [9.17, 15) is 13.2 Å². The van der Waals surface area contributed by atoms with Crippen LogP contribution >= 0.6 is 0 Å². The van der Waals surface area contributed by atoms with E-state index in [4.69, 9.17) is 10.4 Å². The zero-order valence-electron chi connectivity index (χ0n) is 10.7. The van der Waals surface area contributed by atoms with Gasteiger partial charge < -0.3 is 5.11 Å². The molecule has 7 heteroatoms. The van der Waals surface area contributed by atoms with E-state index < -0.39 is 21.9 Å². The lowest BCUT2D eigenvalue weighted by atomic mass is 10.1. The second kappa shape index (κ2) is 5.61. The van der Waals surface area contributed by atoms with Gasteiger partial charge in [0.05, 0.1) is 23.3 Å². The summed E-state index contributed by atoms with van der Waals surface area (Å²) < 4.78 is 25.7. The lowest BCUT2D eigenvalue weighted by Gasteiger charge is -2.15. The van der Waals surface area contributed by atoms with E-state index in [1.165, 1.54) is 10.4 Å². The van der Waals surface area contributed by atoms with Crippen molar-refractivity contribution in [3.8, 4) is 6.07 Å². The first-order chi connectivity index (χ1) is 9.42. The third kappa shape index (κ3) is 3.15. The highest BCUT2D eigenvalue weighted by atomic mass is 32.2. The van der Waals surface area contributed by atoms with E-state index >= 15 is 0 Å². The lowest BCUT2D eigenvalue weighted by Crippen LogP contribution is -2.31. The fourth-order valence-electron chi connectivity index (χ4n) is 2.21. The van der Waals surface area contributed by atoms with E-state index in [0.29, 0.717) is 17.5 Å². The first-order valence-corrected chi connectivity index (χ1v) is 7.73. The summed E-state index contributed by atoms with van der Waals surface area (Å²) in [4.78, 5) is 10.9. The summed E-state index contributed by atoms with van der Waals surface area (Å²) in [6.45, 7) is 0.257. The molecule has 0 amide bonds. The van der Waals surface area contributed by atoms with Gasteiger partial charge in [0, 0.05) is 13.1 Å².